The summed E-state index contributed by atoms with van der Waals surface area (Å²) in [4.78, 5) is 10.2. The van der Waals surface area contributed by atoms with Crippen LogP contribution in [0.25, 0.3) is 0 Å². The van der Waals surface area contributed by atoms with Crippen LogP contribution in [0.2, 0.25) is 0 Å². The maximum absolute atomic E-state index is 10.2. The second kappa shape index (κ2) is 3.13. The van der Waals surface area contributed by atoms with E-state index in [1.54, 1.807) is 13.8 Å². The molecule has 0 unspecified atom stereocenters. The third kappa shape index (κ3) is 2.18. The zero-order valence-electron chi connectivity index (χ0n) is 5.59. The minimum absolute atomic E-state index is 0.0208. The number of hydrogen-bond acceptors (Lipinski definition) is 1. The summed E-state index contributed by atoms with van der Waals surface area (Å²) in [6.45, 7) is 3.58. The van der Waals surface area contributed by atoms with Gasteiger partial charge in [-0.15, -0.1) is 6.42 Å². The van der Waals surface area contributed by atoms with Gasteiger partial charge in [-0.05, 0) is 5.92 Å². The molecule has 1 atom stereocenters. The van der Waals surface area contributed by atoms with E-state index in [0.29, 0.717) is 0 Å². The van der Waals surface area contributed by atoms with Crippen molar-refractivity contribution >= 4 is 5.97 Å². The fraction of sp³-hybridized carbons (Fsp3) is 0.571. The molecule has 0 amide bonds. The van der Waals surface area contributed by atoms with E-state index in [-0.39, 0.29) is 5.92 Å². The van der Waals surface area contributed by atoms with Gasteiger partial charge < -0.3 is 5.11 Å². The molecule has 0 aromatic carbocycles. The Bertz CT molecular complexity index is 141. The zero-order valence-corrected chi connectivity index (χ0v) is 5.59. The second-order valence-electron chi connectivity index (χ2n) is 2.23. The summed E-state index contributed by atoms with van der Waals surface area (Å²) in [5, 5.41) is 8.40. The summed E-state index contributed by atoms with van der Waals surface area (Å²) in [7, 11) is 0. The lowest BCUT2D eigenvalue weighted by Crippen LogP contribution is -2.17. The Balaban J connectivity index is 4.04. The first-order valence-corrected chi connectivity index (χ1v) is 2.78. The summed E-state index contributed by atoms with van der Waals surface area (Å²) >= 11 is 0. The minimum Gasteiger partial charge on any atom is -0.480 e. The number of hydrogen-bond donors (Lipinski definition) is 1. The Labute approximate surface area is 54.9 Å². The Kier molecular flexibility index (Phi) is 2.80. The average Bonchev–Trinajstić information content (AvgIpc) is 1.64. The van der Waals surface area contributed by atoms with Crippen molar-refractivity contribution in [3.8, 4) is 12.3 Å². The van der Waals surface area contributed by atoms with Crippen LogP contribution in [0.5, 0.6) is 0 Å². The smallest absolute Gasteiger partial charge is 0.318 e. The first-order chi connectivity index (χ1) is 4.09. The van der Waals surface area contributed by atoms with E-state index < -0.39 is 11.9 Å². The van der Waals surface area contributed by atoms with Crippen LogP contribution in [0.4, 0.5) is 0 Å². The molecule has 0 bridgehead atoms. The van der Waals surface area contributed by atoms with Gasteiger partial charge in [0.15, 0.2) is 0 Å². The number of aliphatic carboxylic acids is 1. The molecule has 0 radical (unpaired) electrons. The van der Waals surface area contributed by atoms with Gasteiger partial charge in [-0.25, -0.2) is 0 Å². The first-order valence-electron chi connectivity index (χ1n) is 2.78. The lowest BCUT2D eigenvalue weighted by atomic mass is 9.97. The maximum atomic E-state index is 10.2. The summed E-state index contributed by atoms with van der Waals surface area (Å²) in [6.07, 6.45) is 4.94. The number of carboxylic acid groups (broad SMARTS) is 1. The molecular formula is C7H10O2. The van der Waals surface area contributed by atoms with Gasteiger partial charge in [0.25, 0.3) is 0 Å². The topological polar surface area (TPSA) is 37.3 Å². The molecule has 50 valence electrons. The fourth-order valence-electron chi connectivity index (χ4n) is 0.549. The van der Waals surface area contributed by atoms with Crippen molar-refractivity contribution in [2.45, 2.75) is 13.8 Å². The van der Waals surface area contributed by atoms with E-state index in [4.69, 9.17) is 11.5 Å². The molecule has 9 heavy (non-hydrogen) atoms. The van der Waals surface area contributed by atoms with Crippen molar-refractivity contribution in [1.82, 2.24) is 0 Å². The van der Waals surface area contributed by atoms with Gasteiger partial charge in [-0.2, -0.15) is 0 Å². The van der Waals surface area contributed by atoms with E-state index in [9.17, 15) is 4.79 Å². The Morgan fingerprint density at radius 2 is 2.11 bits per heavy atom. The Hall–Kier alpha value is -0.970. The van der Waals surface area contributed by atoms with Crippen molar-refractivity contribution in [2.75, 3.05) is 0 Å². The molecule has 0 aliphatic rings. The highest BCUT2D eigenvalue weighted by Gasteiger charge is 2.17. The van der Waals surface area contributed by atoms with Crippen LogP contribution in [0, 0.1) is 24.2 Å². The Morgan fingerprint density at radius 1 is 1.67 bits per heavy atom. The van der Waals surface area contributed by atoms with Gasteiger partial charge in [0.2, 0.25) is 0 Å². The number of terminal acetylenes is 1. The molecule has 0 aliphatic carbocycles. The normalized spacial score (nSPS) is 12.7. The molecule has 1 N–H and O–H groups in total. The molecule has 0 spiro atoms. The third-order valence-corrected chi connectivity index (χ3v) is 1.11. The van der Waals surface area contributed by atoms with Crippen LogP contribution >= 0.6 is 0 Å². The highest BCUT2D eigenvalue weighted by atomic mass is 16.4. The van der Waals surface area contributed by atoms with E-state index in [1.807, 2.05) is 0 Å². The third-order valence-electron chi connectivity index (χ3n) is 1.11. The molecule has 2 nitrogen and oxygen atoms in total. The van der Waals surface area contributed by atoms with Crippen molar-refractivity contribution in [3.05, 3.63) is 0 Å². The predicted molar refractivity (Wildman–Crippen MR) is 34.8 cm³/mol. The lowest BCUT2D eigenvalue weighted by Gasteiger charge is -2.07. The van der Waals surface area contributed by atoms with E-state index >= 15 is 0 Å². The largest absolute Gasteiger partial charge is 0.480 e. The first kappa shape index (κ1) is 8.03. The average molecular weight is 126 g/mol. The molecule has 0 aliphatic heterocycles. The monoisotopic (exact) mass is 126 g/mol. The zero-order chi connectivity index (χ0) is 7.44. The summed E-state index contributed by atoms with van der Waals surface area (Å²) in [6, 6.07) is 0. The molecule has 0 saturated carbocycles. The molecule has 0 fully saturated rings. The van der Waals surface area contributed by atoms with Crippen LogP contribution in [-0.2, 0) is 4.79 Å². The summed E-state index contributed by atoms with van der Waals surface area (Å²) < 4.78 is 0. The van der Waals surface area contributed by atoms with Crippen LogP contribution < -0.4 is 0 Å². The molecule has 0 aromatic rings. The van der Waals surface area contributed by atoms with Crippen LogP contribution in [0.15, 0.2) is 0 Å². The summed E-state index contributed by atoms with van der Waals surface area (Å²) in [5.41, 5.74) is 0. The van der Waals surface area contributed by atoms with E-state index in [1.165, 1.54) is 0 Å². The quantitative estimate of drug-likeness (QED) is 0.560. The standard InChI is InChI=1S/C7H10O2/c1-4-6(5(2)3)7(8)9/h1,5-6H,2-3H3,(H,8,9)/t6-/m0/s1. The van der Waals surface area contributed by atoms with Gasteiger partial charge in [0, 0.05) is 0 Å². The van der Waals surface area contributed by atoms with Gasteiger partial charge in [-0.3, -0.25) is 4.79 Å². The predicted octanol–water partition coefficient (Wildman–Crippen LogP) is 0.976. The van der Waals surface area contributed by atoms with Crippen molar-refractivity contribution in [1.29, 1.82) is 0 Å². The van der Waals surface area contributed by atoms with Crippen LogP contribution in [0.3, 0.4) is 0 Å². The van der Waals surface area contributed by atoms with E-state index in [2.05, 4.69) is 5.92 Å². The van der Waals surface area contributed by atoms with Gasteiger partial charge >= 0.3 is 5.97 Å². The van der Waals surface area contributed by atoms with Gasteiger partial charge in [0.1, 0.15) is 5.92 Å². The molecule has 0 heterocycles. The lowest BCUT2D eigenvalue weighted by molar-refractivity contribution is -0.140. The summed E-state index contributed by atoms with van der Waals surface area (Å²) in [5.74, 6) is 0.678. The van der Waals surface area contributed by atoms with Gasteiger partial charge in [-0.1, -0.05) is 19.8 Å². The number of carbonyl (C=O) groups is 1. The highest BCUT2D eigenvalue weighted by Crippen LogP contribution is 2.08. The Morgan fingerprint density at radius 3 is 2.11 bits per heavy atom. The van der Waals surface area contributed by atoms with Crippen molar-refractivity contribution in [2.24, 2.45) is 11.8 Å². The number of carboxylic acids is 1. The van der Waals surface area contributed by atoms with Crippen LogP contribution in [0.1, 0.15) is 13.8 Å². The van der Waals surface area contributed by atoms with Gasteiger partial charge in [0.05, 0.1) is 0 Å². The van der Waals surface area contributed by atoms with E-state index in [0.717, 1.165) is 0 Å². The molecule has 0 rings (SSSR count). The highest BCUT2D eigenvalue weighted by molar-refractivity contribution is 5.73. The van der Waals surface area contributed by atoms with Crippen LogP contribution in [-0.4, -0.2) is 11.1 Å². The fourth-order valence-corrected chi connectivity index (χ4v) is 0.549. The molecular weight excluding hydrogens is 116 g/mol. The minimum atomic E-state index is -0.910. The second-order valence-corrected chi connectivity index (χ2v) is 2.23. The molecule has 0 aromatic heterocycles. The maximum Gasteiger partial charge on any atom is 0.318 e. The van der Waals surface area contributed by atoms with Crippen molar-refractivity contribution in [3.63, 3.8) is 0 Å². The van der Waals surface area contributed by atoms with Crippen molar-refractivity contribution < 1.29 is 9.90 Å². The number of rotatable bonds is 2. The molecule has 2 heteroatoms. The molecule has 0 saturated heterocycles. The SMILES string of the molecule is C#C[C@H](C(=O)O)C(C)C.